The average molecular weight is 323 g/mol. The van der Waals surface area contributed by atoms with Gasteiger partial charge in [0.15, 0.2) is 0 Å². The Labute approximate surface area is 122 Å². The molecule has 0 saturated carbocycles. The lowest BCUT2D eigenvalue weighted by molar-refractivity contribution is 0.291. The van der Waals surface area contributed by atoms with Gasteiger partial charge in [-0.3, -0.25) is 4.68 Å². The van der Waals surface area contributed by atoms with Crippen LogP contribution in [0.3, 0.4) is 0 Å². The fraction of sp³-hybridized carbons (Fsp3) is 0.400. The molecule has 0 unspecified atom stereocenters. The van der Waals surface area contributed by atoms with E-state index in [0.717, 1.165) is 34.5 Å². The highest BCUT2D eigenvalue weighted by Gasteiger charge is 2.13. The SMILES string of the molecule is CCc1ccccc1OCc1c(Br)c(CC)nn1C. The van der Waals surface area contributed by atoms with Crippen molar-refractivity contribution in [3.05, 3.63) is 45.7 Å². The molecule has 0 aliphatic carbocycles. The first kappa shape index (κ1) is 14.1. The zero-order valence-corrected chi connectivity index (χ0v) is 13.2. The summed E-state index contributed by atoms with van der Waals surface area (Å²) in [7, 11) is 1.95. The minimum Gasteiger partial charge on any atom is -0.487 e. The normalized spacial score (nSPS) is 10.7. The molecule has 19 heavy (non-hydrogen) atoms. The van der Waals surface area contributed by atoms with Crippen LogP contribution in [0.25, 0.3) is 0 Å². The molecular weight excluding hydrogens is 304 g/mol. The van der Waals surface area contributed by atoms with Crippen LogP contribution in [0, 0.1) is 0 Å². The van der Waals surface area contributed by atoms with Crippen molar-refractivity contribution in [3.63, 3.8) is 0 Å². The quantitative estimate of drug-likeness (QED) is 0.835. The van der Waals surface area contributed by atoms with Crippen LogP contribution in [0.2, 0.25) is 0 Å². The molecule has 0 atom stereocenters. The van der Waals surface area contributed by atoms with E-state index >= 15 is 0 Å². The number of nitrogens with zero attached hydrogens (tertiary/aromatic N) is 2. The summed E-state index contributed by atoms with van der Waals surface area (Å²) in [6, 6.07) is 8.17. The van der Waals surface area contributed by atoms with E-state index in [1.54, 1.807) is 0 Å². The summed E-state index contributed by atoms with van der Waals surface area (Å²) in [6.07, 6.45) is 1.89. The predicted octanol–water partition coefficient (Wildman–Crippen LogP) is 3.89. The van der Waals surface area contributed by atoms with Gasteiger partial charge in [0.1, 0.15) is 12.4 Å². The highest BCUT2D eigenvalue weighted by molar-refractivity contribution is 9.10. The van der Waals surface area contributed by atoms with Gasteiger partial charge < -0.3 is 4.74 Å². The molecule has 3 nitrogen and oxygen atoms in total. The van der Waals surface area contributed by atoms with Crippen molar-refractivity contribution in [1.82, 2.24) is 9.78 Å². The third kappa shape index (κ3) is 3.00. The van der Waals surface area contributed by atoms with Crippen LogP contribution in [0.5, 0.6) is 5.75 Å². The zero-order chi connectivity index (χ0) is 13.8. The van der Waals surface area contributed by atoms with Gasteiger partial charge in [-0.05, 0) is 40.4 Å². The monoisotopic (exact) mass is 322 g/mol. The highest BCUT2D eigenvalue weighted by Crippen LogP contribution is 2.24. The molecule has 0 radical (unpaired) electrons. The van der Waals surface area contributed by atoms with E-state index in [9.17, 15) is 0 Å². The first-order valence-electron chi connectivity index (χ1n) is 6.58. The second kappa shape index (κ2) is 6.24. The van der Waals surface area contributed by atoms with E-state index in [1.807, 2.05) is 29.9 Å². The van der Waals surface area contributed by atoms with Gasteiger partial charge in [0.25, 0.3) is 0 Å². The van der Waals surface area contributed by atoms with E-state index in [2.05, 4.69) is 40.9 Å². The number of halogens is 1. The number of benzene rings is 1. The van der Waals surface area contributed by atoms with Crippen molar-refractivity contribution in [2.24, 2.45) is 7.05 Å². The maximum atomic E-state index is 5.94. The molecule has 0 N–H and O–H groups in total. The predicted molar refractivity (Wildman–Crippen MR) is 80.4 cm³/mol. The summed E-state index contributed by atoms with van der Waals surface area (Å²) in [6.45, 7) is 4.77. The molecule has 4 heteroatoms. The van der Waals surface area contributed by atoms with Gasteiger partial charge in [-0.1, -0.05) is 32.0 Å². The Kier molecular flexibility index (Phi) is 4.64. The molecule has 1 aromatic carbocycles. The molecular formula is C15H19BrN2O. The molecule has 102 valence electrons. The fourth-order valence-corrected chi connectivity index (χ4v) is 2.79. The van der Waals surface area contributed by atoms with E-state index < -0.39 is 0 Å². The maximum Gasteiger partial charge on any atom is 0.131 e. The van der Waals surface area contributed by atoms with Crippen LogP contribution >= 0.6 is 15.9 Å². The van der Waals surface area contributed by atoms with E-state index in [-0.39, 0.29) is 0 Å². The van der Waals surface area contributed by atoms with E-state index in [1.165, 1.54) is 5.56 Å². The molecule has 2 rings (SSSR count). The number of aromatic nitrogens is 2. The van der Waals surface area contributed by atoms with Crippen LogP contribution in [-0.2, 0) is 26.5 Å². The highest BCUT2D eigenvalue weighted by atomic mass is 79.9. The number of hydrogen-bond donors (Lipinski definition) is 0. The average Bonchev–Trinajstić information content (AvgIpc) is 2.71. The third-order valence-electron chi connectivity index (χ3n) is 3.22. The Hall–Kier alpha value is -1.29. The largest absolute Gasteiger partial charge is 0.487 e. The standard InChI is InChI=1S/C15H19BrN2O/c1-4-11-8-6-7-9-14(11)19-10-13-15(16)12(5-2)17-18(13)3/h6-9H,4-5,10H2,1-3H3. The minimum absolute atomic E-state index is 0.529. The van der Waals surface area contributed by atoms with Crippen LogP contribution in [-0.4, -0.2) is 9.78 Å². The minimum atomic E-state index is 0.529. The molecule has 0 fully saturated rings. The van der Waals surface area contributed by atoms with Gasteiger partial charge in [-0.25, -0.2) is 0 Å². The Balaban J connectivity index is 2.17. The van der Waals surface area contributed by atoms with Crippen LogP contribution in [0.4, 0.5) is 0 Å². The topological polar surface area (TPSA) is 27.1 Å². The number of rotatable bonds is 5. The van der Waals surface area contributed by atoms with Crippen molar-refractivity contribution in [2.45, 2.75) is 33.3 Å². The van der Waals surface area contributed by atoms with E-state index in [0.29, 0.717) is 6.61 Å². The molecule has 1 heterocycles. The van der Waals surface area contributed by atoms with Gasteiger partial charge in [0.05, 0.1) is 15.9 Å². The summed E-state index contributed by atoms with van der Waals surface area (Å²) in [5.74, 6) is 0.955. The first-order valence-corrected chi connectivity index (χ1v) is 7.37. The van der Waals surface area contributed by atoms with Crippen LogP contribution < -0.4 is 4.74 Å². The molecule has 0 spiro atoms. The second-order valence-corrected chi connectivity index (χ2v) is 5.23. The van der Waals surface area contributed by atoms with Gasteiger partial charge in [-0.2, -0.15) is 5.10 Å². The lowest BCUT2D eigenvalue weighted by atomic mass is 10.1. The van der Waals surface area contributed by atoms with Crippen molar-refractivity contribution >= 4 is 15.9 Å². The Morgan fingerprint density at radius 1 is 1.21 bits per heavy atom. The summed E-state index contributed by atoms with van der Waals surface area (Å²) < 4.78 is 8.89. The number of para-hydroxylation sites is 1. The zero-order valence-electron chi connectivity index (χ0n) is 11.6. The smallest absolute Gasteiger partial charge is 0.131 e. The molecule has 0 bridgehead atoms. The van der Waals surface area contributed by atoms with Crippen molar-refractivity contribution < 1.29 is 4.74 Å². The van der Waals surface area contributed by atoms with Crippen molar-refractivity contribution in [3.8, 4) is 5.75 Å². The summed E-state index contributed by atoms with van der Waals surface area (Å²) in [5.41, 5.74) is 3.38. The van der Waals surface area contributed by atoms with Gasteiger partial charge >= 0.3 is 0 Å². The summed E-state index contributed by atoms with van der Waals surface area (Å²) >= 11 is 3.61. The van der Waals surface area contributed by atoms with Gasteiger partial charge in [0, 0.05) is 7.05 Å². The molecule has 0 aliphatic rings. The maximum absolute atomic E-state index is 5.94. The van der Waals surface area contributed by atoms with Crippen LogP contribution in [0.1, 0.15) is 30.8 Å². The lowest BCUT2D eigenvalue weighted by Gasteiger charge is -2.10. The summed E-state index contributed by atoms with van der Waals surface area (Å²) in [5, 5.41) is 4.47. The molecule has 0 saturated heterocycles. The first-order chi connectivity index (χ1) is 9.17. The Morgan fingerprint density at radius 2 is 1.95 bits per heavy atom. The molecule has 0 amide bonds. The lowest BCUT2D eigenvalue weighted by Crippen LogP contribution is -2.04. The van der Waals surface area contributed by atoms with Crippen molar-refractivity contribution in [2.75, 3.05) is 0 Å². The second-order valence-electron chi connectivity index (χ2n) is 4.43. The fourth-order valence-electron chi connectivity index (χ4n) is 2.06. The van der Waals surface area contributed by atoms with Crippen LogP contribution in [0.15, 0.2) is 28.7 Å². The van der Waals surface area contributed by atoms with Gasteiger partial charge in [0.2, 0.25) is 0 Å². The van der Waals surface area contributed by atoms with Crippen molar-refractivity contribution in [1.29, 1.82) is 0 Å². The Bertz CT molecular complexity index is 563. The van der Waals surface area contributed by atoms with Gasteiger partial charge in [-0.15, -0.1) is 0 Å². The number of ether oxygens (including phenoxy) is 1. The van der Waals surface area contributed by atoms with E-state index in [4.69, 9.17) is 4.74 Å². The third-order valence-corrected chi connectivity index (χ3v) is 4.14. The Morgan fingerprint density at radius 3 is 2.58 bits per heavy atom. The number of aryl methyl sites for hydroxylation is 3. The molecule has 0 aliphatic heterocycles. The number of hydrogen-bond acceptors (Lipinski definition) is 2. The molecule has 1 aromatic heterocycles. The summed E-state index contributed by atoms with van der Waals surface area (Å²) in [4.78, 5) is 0. The molecule has 2 aromatic rings.